The summed E-state index contributed by atoms with van der Waals surface area (Å²) in [4.78, 5) is 25.7. The minimum Gasteiger partial charge on any atom is -0.368 e. The summed E-state index contributed by atoms with van der Waals surface area (Å²) in [7, 11) is 0. The van der Waals surface area contributed by atoms with Crippen LogP contribution in [0.2, 0.25) is 0 Å². The number of aryl methyl sites for hydroxylation is 1. The lowest BCUT2D eigenvalue weighted by Crippen LogP contribution is -2.46. The van der Waals surface area contributed by atoms with E-state index in [2.05, 4.69) is 49.4 Å². The molecule has 0 bridgehead atoms. The van der Waals surface area contributed by atoms with Crippen molar-refractivity contribution in [2.24, 2.45) is 0 Å². The molecule has 1 aliphatic rings. The quantitative estimate of drug-likeness (QED) is 0.760. The van der Waals surface area contributed by atoms with Crippen LogP contribution in [0.4, 0.5) is 17.2 Å². The molecule has 2 aromatic carbocycles. The number of amides is 1. The van der Waals surface area contributed by atoms with Gasteiger partial charge in [-0.25, -0.2) is 9.97 Å². The molecule has 2 heterocycles. The van der Waals surface area contributed by atoms with Crippen LogP contribution in [0.1, 0.15) is 16.1 Å². The smallest absolute Gasteiger partial charge is 0.274 e. The maximum Gasteiger partial charge on any atom is 0.274 e. The fourth-order valence-corrected chi connectivity index (χ4v) is 3.38. The van der Waals surface area contributed by atoms with Gasteiger partial charge in [0.25, 0.3) is 5.91 Å². The van der Waals surface area contributed by atoms with E-state index in [1.807, 2.05) is 37.3 Å². The molecule has 0 spiro atoms. The number of carbonyl (C=O) groups excluding carboxylic acids is 1. The number of aromatic nitrogens is 2. The molecule has 1 aromatic heterocycles. The fourth-order valence-electron chi connectivity index (χ4n) is 3.38. The van der Waals surface area contributed by atoms with E-state index in [0.29, 0.717) is 5.69 Å². The number of carbonyl (C=O) groups is 1. The standard InChI is InChI=1S/C22H23N5O/c1-17-7-5-6-10-19(17)25-22(28)20-15-21(24-16-23-20)27-13-11-26(12-14-27)18-8-3-2-4-9-18/h2-10,15-16H,11-14H2,1H3,(H,25,28). The number of nitrogens with one attached hydrogen (secondary N) is 1. The molecule has 1 aliphatic heterocycles. The van der Waals surface area contributed by atoms with Crippen LogP contribution in [0.5, 0.6) is 0 Å². The van der Waals surface area contributed by atoms with Crippen LogP contribution in [0.25, 0.3) is 0 Å². The lowest BCUT2D eigenvalue weighted by Gasteiger charge is -2.36. The Morgan fingerprint density at radius 2 is 1.57 bits per heavy atom. The first-order valence-electron chi connectivity index (χ1n) is 9.45. The molecule has 0 saturated carbocycles. The molecule has 0 unspecified atom stereocenters. The highest BCUT2D eigenvalue weighted by atomic mass is 16.1. The highest BCUT2D eigenvalue weighted by Crippen LogP contribution is 2.20. The lowest BCUT2D eigenvalue weighted by atomic mass is 10.2. The van der Waals surface area contributed by atoms with Gasteiger partial charge in [0.15, 0.2) is 0 Å². The third-order valence-corrected chi connectivity index (χ3v) is 5.00. The first-order valence-corrected chi connectivity index (χ1v) is 9.45. The van der Waals surface area contributed by atoms with E-state index in [1.165, 1.54) is 12.0 Å². The van der Waals surface area contributed by atoms with Crippen LogP contribution in [-0.4, -0.2) is 42.1 Å². The van der Waals surface area contributed by atoms with Gasteiger partial charge in [-0.1, -0.05) is 36.4 Å². The maximum atomic E-state index is 12.6. The average Bonchev–Trinajstić information content (AvgIpc) is 2.76. The molecule has 28 heavy (non-hydrogen) atoms. The zero-order valence-corrected chi connectivity index (χ0v) is 15.9. The molecular weight excluding hydrogens is 350 g/mol. The Balaban J connectivity index is 1.43. The third-order valence-electron chi connectivity index (χ3n) is 5.00. The van der Waals surface area contributed by atoms with Gasteiger partial charge in [-0.15, -0.1) is 0 Å². The van der Waals surface area contributed by atoms with Gasteiger partial charge in [0.2, 0.25) is 0 Å². The van der Waals surface area contributed by atoms with Crippen molar-refractivity contribution in [3.63, 3.8) is 0 Å². The number of benzene rings is 2. The van der Waals surface area contributed by atoms with Crippen molar-refractivity contribution in [2.75, 3.05) is 41.3 Å². The number of para-hydroxylation sites is 2. The highest BCUT2D eigenvalue weighted by Gasteiger charge is 2.19. The van der Waals surface area contributed by atoms with Crippen LogP contribution < -0.4 is 15.1 Å². The summed E-state index contributed by atoms with van der Waals surface area (Å²) in [6, 6.07) is 19.9. The molecule has 1 saturated heterocycles. The second-order valence-electron chi connectivity index (χ2n) is 6.84. The molecule has 4 rings (SSSR count). The summed E-state index contributed by atoms with van der Waals surface area (Å²) in [6.07, 6.45) is 1.46. The van der Waals surface area contributed by atoms with Gasteiger partial charge in [-0.3, -0.25) is 4.79 Å². The summed E-state index contributed by atoms with van der Waals surface area (Å²) in [5.41, 5.74) is 3.42. The van der Waals surface area contributed by atoms with Crippen LogP contribution in [0.3, 0.4) is 0 Å². The average molecular weight is 373 g/mol. The number of piperazine rings is 1. The number of anilines is 3. The Morgan fingerprint density at radius 3 is 2.32 bits per heavy atom. The zero-order valence-electron chi connectivity index (χ0n) is 15.9. The molecule has 0 radical (unpaired) electrons. The van der Waals surface area contributed by atoms with Crippen molar-refractivity contribution in [3.05, 3.63) is 78.2 Å². The second kappa shape index (κ2) is 8.08. The Labute approximate surface area is 164 Å². The van der Waals surface area contributed by atoms with Gasteiger partial charge >= 0.3 is 0 Å². The Morgan fingerprint density at radius 1 is 0.893 bits per heavy atom. The van der Waals surface area contributed by atoms with Gasteiger partial charge in [0.05, 0.1) is 0 Å². The van der Waals surface area contributed by atoms with Gasteiger partial charge in [0, 0.05) is 43.6 Å². The molecule has 6 heteroatoms. The summed E-state index contributed by atoms with van der Waals surface area (Å²) in [6.45, 7) is 5.50. The first-order chi connectivity index (χ1) is 13.7. The largest absolute Gasteiger partial charge is 0.368 e. The Hall–Kier alpha value is -3.41. The maximum absolute atomic E-state index is 12.6. The molecule has 6 nitrogen and oxygen atoms in total. The SMILES string of the molecule is Cc1ccccc1NC(=O)c1cc(N2CCN(c3ccccc3)CC2)ncn1. The van der Waals surface area contributed by atoms with Crippen LogP contribution >= 0.6 is 0 Å². The summed E-state index contributed by atoms with van der Waals surface area (Å²) in [5, 5.41) is 2.93. The molecule has 1 fully saturated rings. The molecule has 0 atom stereocenters. The van der Waals surface area contributed by atoms with Gasteiger partial charge in [0.1, 0.15) is 17.8 Å². The third kappa shape index (κ3) is 3.96. The van der Waals surface area contributed by atoms with Crippen molar-refractivity contribution in [3.8, 4) is 0 Å². The summed E-state index contributed by atoms with van der Waals surface area (Å²) in [5.74, 6) is 0.568. The minimum atomic E-state index is -0.221. The molecule has 0 aliphatic carbocycles. The van der Waals surface area contributed by atoms with Crippen molar-refractivity contribution in [1.29, 1.82) is 0 Å². The number of rotatable bonds is 4. The van der Waals surface area contributed by atoms with Crippen LogP contribution in [-0.2, 0) is 0 Å². The highest BCUT2D eigenvalue weighted by molar-refractivity contribution is 6.03. The van der Waals surface area contributed by atoms with Crippen molar-refractivity contribution < 1.29 is 4.79 Å². The van der Waals surface area contributed by atoms with Crippen molar-refractivity contribution in [2.45, 2.75) is 6.92 Å². The number of hydrogen-bond acceptors (Lipinski definition) is 5. The zero-order chi connectivity index (χ0) is 19.3. The summed E-state index contributed by atoms with van der Waals surface area (Å²) < 4.78 is 0. The molecular formula is C22H23N5O. The predicted octanol–water partition coefficient (Wildman–Crippen LogP) is 3.36. The molecule has 1 N–H and O–H groups in total. The van der Waals surface area contributed by atoms with Crippen molar-refractivity contribution in [1.82, 2.24) is 9.97 Å². The van der Waals surface area contributed by atoms with E-state index in [-0.39, 0.29) is 5.91 Å². The van der Waals surface area contributed by atoms with Crippen molar-refractivity contribution >= 4 is 23.1 Å². The monoisotopic (exact) mass is 373 g/mol. The topological polar surface area (TPSA) is 61.4 Å². The number of hydrogen-bond donors (Lipinski definition) is 1. The molecule has 142 valence electrons. The predicted molar refractivity (Wildman–Crippen MR) is 112 cm³/mol. The van der Waals surface area contributed by atoms with Gasteiger partial charge in [-0.2, -0.15) is 0 Å². The molecule has 3 aromatic rings. The van der Waals surface area contributed by atoms with E-state index in [4.69, 9.17) is 0 Å². The minimum absolute atomic E-state index is 0.221. The van der Waals surface area contributed by atoms with E-state index >= 15 is 0 Å². The van der Waals surface area contributed by atoms with E-state index < -0.39 is 0 Å². The Bertz CT molecular complexity index is 952. The van der Waals surface area contributed by atoms with E-state index in [1.54, 1.807) is 6.07 Å². The lowest BCUT2D eigenvalue weighted by molar-refractivity contribution is 0.102. The van der Waals surface area contributed by atoms with Gasteiger partial charge < -0.3 is 15.1 Å². The van der Waals surface area contributed by atoms with E-state index in [0.717, 1.165) is 43.2 Å². The fraction of sp³-hybridized carbons (Fsp3) is 0.227. The van der Waals surface area contributed by atoms with Gasteiger partial charge in [-0.05, 0) is 30.7 Å². The van der Waals surface area contributed by atoms with Crippen LogP contribution in [0, 0.1) is 6.92 Å². The number of nitrogens with zero attached hydrogens (tertiary/aromatic N) is 4. The summed E-state index contributed by atoms with van der Waals surface area (Å²) >= 11 is 0. The normalized spacial score (nSPS) is 14.0. The first kappa shape index (κ1) is 18.0. The second-order valence-corrected chi connectivity index (χ2v) is 6.84. The molecule has 1 amide bonds. The van der Waals surface area contributed by atoms with E-state index in [9.17, 15) is 4.79 Å². The van der Waals surface area contributed by atoms with Crippen LogP contribution in [0.15, 0.2) is 67.0 Å². The Kier molecular flexibility index (Phi) is 5.19.